The first kappa shape index (κ1) is 35.2. The van der Waals surface area contributed by atoms with Crippen LogP contribution in [0, 0.1) is 0 Å². The molecule has 3 aliphatic rings. The Morgan fingerprint density at radius 3 is 1.49 bits per heavy atom. The molecule has 0 bridgehead atoms. The molecular weight excluding hydrogens is 711 g/mol. The molecule has 0 heterocycles. The summed E-state index contributed by atoms with van der Waals surface area (Å²) in [5.74, 6) is 0. The van der Waals surface area contributed by atoms with Crippen LogP contribution < -0.4 is 4.90 Å². The van der Waals surface area contributed by atoms with Gasteiger partial charge in [0.1, 0.15) is 0 Å². The first-order chi connectivity index (χ1) is 29.0. The lowest BCUT2D eigenvalue weighted by Crippen LogP contribution is -2.29. The van der Waals surface area contributed by atoms with E-state index in [1.165, 1.54) is 95.0 Å². The molecule has 0 amide bonds. The van der Waals surface area contributed by atoms with E-state index in [2.05, 4.69) is 231 Å². The third-order valence-corrected chi connectivity index (χ3v) is 13.3. The van der Waals surface area contributed by atoms with Gasteiger partial charge in [0.05, 0.1) is 5.41 Å². The zero-order valence-electron chi connectivity index (χ0n) is 33.6. The summed E-state index contributed by atoms with van der Waals surface area (Å²) < 4.78 is 0. The smallest absolute Gasteiger partial charge is 0.0714 e. The molecule has 11 rings (SSSR count). The van der Waals surface area contributed by atoms with E-state index >= 15 is 0 Å². The van der Waals surface area contributed by atoms with Gasteiger partial charge in [-0.15, -0.1) is 0 Å². The highest BCUT2D eigenvalue weighted by Gasteiger charge is 2.46. The minimum Gasteiger partial charge on any atom is -0.314 e. The van der Waals surface area contributed by atoms with Crippen molar-refractivity contribution in [3.05, 3.63) is 257 Å². The van der Waals surface area contributed by atoms with E-state index in [1.54, 1.807) is 0 Å². The molecule has 0 saturated heterocycles. The second kappa shape index (κ2) is 13.9. The fraction of sp³-hybridized carbons (Fsp3) is 0.103. The molecule has 59 heavy (non-hydrogen) atoms. The van der Waals surface area contributed by atoms with Gasteiger partial charge in [0.2, 0.25) is 0 Å². The molecule has 1 nitrogen and oxygen atoms in total. The van der Waals surface area contributed by atoms with Gasteiger partial charge in [-0.25, -0.2) is 0 Å². The molecule has 0 atom stereocenters. The number of rotatable bonds is 7. The third-order valence-electron chi connectivity index (χ3n) is 13.3. The van der Waals surface area contributed by atoms with Crippen LogP contribution in [0.2, 0.25) is 0 Å². The molecule has 282 valence electrons. The number of allylic oxidation sites excluding steroid dienone is 4. The molecule has 1 heteroatoms. The Hall–Kier alpha value is -6.96. The highest BCUT2D eigenvalue weighted by Crippen LogP contribution is 2.58. The maximum Gasteiger partial charge on any atom is 0.0714 e. The van der Waals surface area contributed by atoms with E-state index in [1.807, 2.05) is 0 Å². The molecule has 0 unspecified atom stereocenters. The molecule has 0 fully saturated rings. The Kier molecular flexibility index (Phi) is 8.27. The predicted octanol–water partition coefficient (Wildman–Crippen LogP) is 14.9. The number of hydrogen-bond donors (Lipinski definition) is 0. The van der Waals surface area contributed by atoms with Crippen LogP contribution in [-0.2, 0) is 10.8 Å². The van der Waals surface area contributed by atoms with Gasteiger partial charge < -0.3 is 4.90 Å². The van der Waals surface area contributed by atoms with Crippen LogP contribution >= 0.6 is 0 Å². The summed E-state index contributed by atoms with van der Waals surface area (Å²) in [6.45, 7) is 4.80. The molecule has 8 aromatic rings. The van der Waals surface area contributed by atoms with Crippen LogP contribution in [0.4, 0.5) is 11.4 Å². The molecule has 0 N–H and O–H groups in total. The van der Waals surface area contributed by atoms with Crippen molar-refractivity contribution < 1.29 is 0 Å². The number of fused-ring (bicyclic) bond motifs is 5. The molecule has 0 spiro atoms. The molecule has 0 aliphatic heterocycles. The fourth-order valence-electron chi connectivity index (χ4n) is 10.5. The zero-order valence-corrected chi connectivity index (χ0v) is 33.6. The van der Waals surface area contributed by atoms with Crippen molar-refractivity contribution in [3.63, 3.8) is 0 Å². The van der Waals surface area contributed by atoms with Crippen LogP contribution in [0.25, 0.3) is 39.0 Å². The lowest BCUT2D eigenvalue weighted by Gasteiger charge is -2.36. The van der Waals surface area contributed by atoms with E-state index < -0.39 is 5.41 Å². The lowest BCUT2D eigenvalue weighted by atomic mass is 9.67. The van der Waals surface area contributed by atoms with Crippen molar-refractivity contribution in [3.8, 4) is 33.4 Å². The Morgan fingerprint density at radius 2 is 0.864 bits per heavy atom. The Morgan fingerprint density at radius 1 is 0.390 bits per heavy atom. The summed E-state index contributed by atoms with van der Waals surface area (Å²) in [4.78, 5) is 2.55. The quantitative estimate of drug-likeness (QED) is 0.157. The minimum atomic E-state index is -0.475. The molecule has 8 aromatic carbocycles. The Labute approximate surface area is 348 Å². The summed E-state index contributed by atoms with van der Waals surface area (Å²) in [7, 11) is 0. The van der Waals surface area contributed by atoms with Crippen LogP contribution in [0.5, 0.6) is 0 Å². The first-order valence-corrected chi connectivity index (χ1v) is 21.0. The summed E-state index contributed by atoms with van der Waals surface area (Å²) in [5.41, 5.74) is 21.6. The van der Waals surface area contributed by atoms with Gasteiger partial charge in [-0.05, 0) is 121 Å². The average Bonchev–Trinajstić information content (AvgIpc) is 3.73. The lowest BCUT2D eigenvalue weighted by molar-refractivity contribution is 0.648. The Bertz CT molecular complexity index is 2880. The van der Waals surface area contributed by atoms with E-state index in [4.69, 9.17) is 0 Å². The van der Waals surface area contributed by atoms with E-state index in [9.17, 15) is 0 Å². The minimum absolute atomic E-state index is 0.0750. The summed E-state index contributed by atoms with van der Waals surface area (Å²) >= 11 is 0. The van der Waals surface area contributed by atoms with Crippen molar-refractivity contribution in [1.29, 1.82) is 0 Å². The predicted molar refractivity (Wildman–Crippen MR) is 247 cm³/mol. The van der Waals surface area contributed by atoms with Crippen molar-refractivity contribution in [2.75, 3.05) is 4.90 Å². The van der Waals surface area contributed by atoms with Gasteiger partial charge in [-0.1, -0.05) is 196 Å². The topological polar surface area (TPSA) is 3.24 Å². The molecule has 0 aromatic heterocycles. The first-order valence-electron chi connectivity index (χ1n) is 21.0. The fourth-order valence-corrected chi connectivity index (χ4v) is 10.5. The third kappa shape index (κ3) is 5.53. The van der Waals surface area contributed by atoms with Gasteiger partial charge in [0.25, 0.3) is 0 Å². The largest absolute Gasteiger partial charge is 0.314 e. The van der Waals surface area contributed by atoms with Crippen molar-refractivity contribution in [2.24, 2.45) is 0 Å². The summed E-state index contributed by atoms with van der Waals surface area (Å²) in [5, 5.41) is 0. The van der Waals surface area contributed by atoms with Crippen molar-refractivity contribution >= 4 is 16.9 Å². The monoisotopic (exact) mass is 755 g/mol. The van der Waals surface area contributed by atoms with Gasteiger partial charge in [0.15, 0.2) is 0 Å². The molecular formula is C58H45N. The highest BCUT2D eigenvalue weighted by molar-refractivity contribution is 5.90. The van der Waals surface area contributed by atoms with E-state index in [-0.39, 0.29) is 5.41 Å². The molecule has 3 aliphatic carbocycles. The maximum atomic E-state index is 2.55. The van der Waals surface area contributed by atoms with E-state index in [0.29, 0.717) is 0 Å². The van der Waals surface area contributed by atoms with Gasteiger partial charge >= 0.3 is 0 Å². The van der Waals surface area contributed by atoms with Crippen molar-refractivity contribution in [1.82, 2.24) is 0 Å². The van der Waals surface area contributed by atoms with Gasteiger partial charge in [-0.3, -0.25) is 0 Å². The maximum absolute atomic E-state index is 2.55. The standard InChI is InChI=1S/C58H45N/c1-57(2)53-24-14-12-22-49(53)51-36-34-47(38-55(51)57)59(46-32-30-43(31-33-46)42-28-26-41(27-29-42)40-16-6-3-7-17-40)48-35-37-52-50-23-13-15-25-54(50)58(56(52)39-48,44-18-8-4-9-19-44)45-20-10-5-11-21-45/h3-33,35,37-39H,34,36H2,1-2H3. The highest BCUT2D eigenvalue weighted by atomic mass is 15.1. The second-order valence-electron chi connectivity index (χ2n) is 16.8. The Balaban J connectivity index is 1.08. The zero-order chi connectivity index (χ0) is 39.6. The second-order valence-corrected chi connectivity index (χ2v) is 16.8. The molecule has 0 radical (unpaired) electrons. The number of hydrogen-bond acceptors (Lipinski definition) is 1. The number of nitrogens with zero attached hydrogens (tertiary/aromatic N) is 1. The van der Waals surface area contributed by atoms with Gasteiger partial charge in [0, 0.05) is 22.5 Å². The van der Waals surface area contributed by atoms with Crippen LogP contribution in [0.1, 0.15) is 60.1 Å². The van der Waals surface area contributed by atoms with E-state index in [0.717, 1.165) is 12.8 Å². The summed E-state index contributed by atoms with van der Waals surface area (Å²) in [6.07, 6.45) is 4.49. The van der Waals surface area contributed by atoms with Crippen LogP contribution in [0.15, 0.2) is 224 Å². The number of anilines is 2. The average molecular weight is 756 g/mol. The molecule has 0 saturated carbocycles. The number of benzene rings is 8. The van der Waals surface area contributed by atoms with Crippen LogP contribution in [0.3, 0.4) is 0 Å². The van der Waals surface area contributed by atoms with Crippen LogP contribution in [-0.4, -0.2) is 0 Å². The summed E-state index contributed by atoms with van der Waals surface area (Å²) in [6, 6.07) is 76.4. The van der Waals surface area contributed by atoms with Gasteiger partial charge in [-0.2, -0.15) is 0 Å². The van der Waals surface area contributed by atoms with Crippen molar-refractivity contribution in [2.45, 2.75) is 37.5 Å². The normalized spacial score (nSPS) is 15.5. The SMILES string of the molecule is CC1(C)C2=C(CCC(N(c3ccc(-c4ccc(-c5ccccc5)cc4)cc3)c3ccc4c(c3)C(c3ccccc3)(c3ccccc3)c3ccccc3-4)=C2)c2ccccc21.